The second kappa shape index (κ2) is 6.83. The van der Waals surface area contributed by atoms with Crippen LogP contribution in [0, 0.1) is 0 Å². The lowest BCUT2D eigenvalue weighted by Gasteiger charge is -2.16. The number of benzene rings is 1. The summed E-state index contributed by atoms with van der Waals surface area (Å²) in [5.74, 6) is 0. The number of rotatable bonds is 6. The Balaban J connectivity index is 2.54. The predicted octanol–water partition coefficient (Wildman–Crippen LogP) is 2.51. The molecule has 0 heterocycles. The fourth-order valence-corrected chi connectivity index (χ4v) is 1.75. The molecule has 1 N–H and O–H groups in total. The maximum atomic E-state index is 6.10. The Bertz CT molecular complexity index is 291. The Morgan fingerprint density at radius 2 is 2.13 bits per heavy atom. The number of hydrogen-bond donors (Lipinski definition) is 1. The average Bonchev–Trinajstić information content (AvgIpc) is 2.26. The van der Waals surface area contributed by atoms with Gasteiger partial charge < -0.3 is 10.1 Å². The van der Waals surface area contributed by atoms with Crippen LogP contribution in [0.3, 0.4) is 0 Å². The predicted molar refractivity (Wildman–Crippen MR) is 64.5 cm³/mol. The fraction of sp³-hybridized carbons (Fsp3) is 0.500. The summed E-state index contributed by atoms with van der Waals surface area (Å²) in [6.07, 6.45) is 1.94. The van der Waals surface area contributed by atoms with Crippen LogP contribution in [0.1, 0.15) is 12.0 Å². The molecule has 0 aromatic heterocycles. The third-order valence-electron chi connectivity index (χ3n) is 2.50. The smallest absolute Gasteiger partial charge is 0.0477 e. The van der Waals surface area contributed by atoms with Crippen molar-refractivity contribution in [2.75, 3.05) is 20.8 Å². The van der Waals surface area contributed by atoms with Gasteiger partial charge in [-0.3, -0.25) is 0 Å². The van der Waals surface area contributed by atoms with E-state index in [1.165, 1.54) is 5.56 Å². The Morgan fingerprint density at radius 3 is 2.73 bits per heavy atom. The van der Waals surface area contributed by atoms with Gasteiger partial charge in [-0.2, -0.15) is 0 Å². The average molecular weight is 228 g/mol. The van der Waals surface area contributed by atoms with E-state index < -0.39 is 0 Å². The molecule has 1 aromatic carbocycles. The van der Waals surface area contributed by atoms with Crippen LogP contribution >= 0.6 is 11.6 Å². The molecular formula is C12H18ClNO. The molecule has 0 fully saturated rings. The highest BCUT2D eigenvalue weighted by Crippen LogP contribution is 2.17. The Kier molecular flexibility index (Phi) is 5.69. The zero-order valence-corrected chi connectivity index (χ0v) is 10.1. The van der Waals surface area contributed by atoms with Gasteiger partial charge in [0.2, 0.25) is 0 Å². The normalized spacial score (nSPS) is 12.7. The zero-order valence-electron chi connectivity index (χ0n) is 9.29. The van der Waals surface area contributed by atoms with Crippen LogP contribution in [0.15, 0.2) is 24.3 Å². The number of halogens is 1. The minimum Gasteiger partial charge on any atom is -0.385 e. The summed E-state index contributed by atoms with van der Waals surface area (Å²) in [7, 11) is 3.69. The van der Waals surface area contributed by atoms with Crippen molar-refractivity contribution in [3.63, 3.8) is 0 Å². The lowest BCUT2D eigenvalue weighted by molar-refractivity contribution is 0.184. The lowest BCUT2D eigenvalue weighted by Crippen LogP contribution is -2.28. The largest absolute Gasteiger partial charge is 0.385 e. The summed E-state index contributed by atoms with van der Waals surface area (Å²) in [4.78, 5) is 0. The summed E-state index contributed by atoms with van der Waals surface area (Å²) in [5.41, 5.74) is 1.19. The molecule has 2 nitrogen and oxygen atoms in total. The summed E-state index contributed by atoms with van der Waals surface area (Å²) >= 11 is 6.10. The highest BCUT2D eigenvalue weighted by molar-refractivity contribution is 6.31. The van der Waals surface area contributed by atoms with Crippen molar-refractivity contribution in [3.05, 3.63) is 34.9 Å². The van der Waals surface area contributed by atoms with Gasteiger partial charge in [0, 0.05) is 24.8 Å². The Labute approximate surface area is 96.6 Å². The summed E-state index contributed by atoms with van der Waals surface area (Å²) < 4.78 is 5.07. The van der Waals surface area contributed by atoms with Crippen LogP contribution < -0.4 is 5.32 Å². The van der Waals surface area contributed by atoms with E-state index >= 15 is 0 Å². The molecular weight excluding hydrogens is 210 g/mol. The first kappa shape index (κ1) is 12.5. The third-order valence-corrected chi connectivity index (χ3v) is 2.87. The van der Waals surface area contributed by atoms with Crippen LogP contribution in [-0.4, -0.2) is 26.8 Å². The molecule has 1 atom stereocenters. The van der Waals surface area contributed by atoms with E-state index in [1.54, 1.807) is 7.11 Å². The fourth-order valence-electron chi connectivity index (χ4n) is 1.54. The molecule has 3 heteroatoms. The van der Waals surface area contributed by atoms with Gasteiger partial charge in [0.25, 0.3) is 0 Å². The highest BCUT2D eigenvalue weighted by atomic mass is 35.5. The van der Waals surface area contributed by atoms with E-state index in [4.69, 9.17) is 16.3 Å². The van der Waals surface area contributed by atoms with E-state index in [2.05, 4.69) is 11.4 Å². The van der Waals surface area contributed by atoms with E-state index in [-0.39, 0.29) is 0 Å². The van der Waals surface area contributed by atoms with Crippen molar-refractivity contribution < 1.29 is 4.74 Å². The molecule has 0 amide bonds. The van der Waals surface area contributed by atoms with Crippen LogP contribution in [0.2, 0.25) is 5.02 Å². The first-order valence-corrected chi connectivity index (χ1v) is 5.55. The van der Waals surface area contributed by atoms with E-state index in [0.717, 1.165) is 24.5 Å². The molecule has 1 aromatic rings. The summed E-state index contributed by atoms with van der Waals surface area (Å²) in [6, 6.07) is 8.39. The van der Waals surface area contributed by atoms with E-state index in [0.29, 0.717) is 6.04 Å². The molecule has 84 valence electrons. The number of likely N-dealkylation sites (N-methyl/N-ethyl adjacent to an activating group) is 1. The van der Waals surface area contributed by atoms with Crippen LogP contribution in [0.4, 0.5) is 0 Å². The van der Waals surface area contributed by atoms with Gasteiger partial charge in [0.15, 0.2) is 0 Å². The van der Waals surface area contributed by atoms with Crippen molar-refractivity contribution in [1.29, 1.82) is 0 Å². The van der Waals surface area contributed by atoms with Crippen molar-refractivity contribution >= 4 is 11.6 Å². The van der Waals surface area contributed by atoms with Crippen LogP contribution in [0.5, 0.6) is 0 Å². The van der Waals surface area contributed by atoms with Gasteiger partial charge in [-0.25, -0.2) is 0 Å². The topological polar surface area (TPSA) is 21.3 Å². The Hall–Kier alpha value is -0.570. The molecule has 0 aliphatic heterocycles. The quantitative estimate of drug-likeness (QED) is 0.807. The van der Waals surface area contributed by atoms with E-state index in [9.17, 15) is 0 Å². The molecule has 0 aliphatic rings. The van der Waals surface area contributed by atoms with Gasteiger partial charge >= 0.3 is 0 Å². The second-order valence-corrected chi connectivity index (χ2v) is 3.97. The monoisotopic (exact) mass is 227 g/mol. The molecule has 1 unspecified atom stereocenters. The Morgan fingerprint density at radius 1 is 1.40 bits per heavy atom. The van der Waals surface area contributed by atoms with Crippen molar-refractivity contribution in [1.82, 2.24) is 5.32 Å². The number of methoxy groups -OCH3 is 1. The van der Waals surface area contributed by atoms with Gasteiger partial charge in [0.05, 0.1) is 0 Å². The molecule has 15 heavy (non-hydrogen) atoms. The van der Waals surface area contributed by atoms with Gasteiger partial charge in [0.1, 0.15) is 0 Å². The van der Waals surface area contributed by atoms with Crippen LogP contribution in [-0.2, 0) is 11.2 Å². The molecule has 0 spiro atoms. The molecule has 0 saturated heterocycles. The van der Waals surface area contributed by atoms with E-state index in [1.807, 2.05) is 25.2 Å². The van der Waals surface area contributed by atoms with Gasteiger partial charge in [-0.1, -0.05) is 29.8 Å². The summed E-state index contributed by atoms with van der Waals surface area (Å²) in [6.45, 7) is 0.774. The molecule has 0 radical (unpaired) electrons. The maximum Gasteiger partial charge on any atom is 0.0477 e. The molecule has 1 rings (SSSR count). The zero-order chi connectivity index (χ0) is 11.1. The first-order chi connectivity index (χ1) is 7.27. The minimum absolute atomic E-state index is 0.421. The molecule has 0 aliphatic carbocycles. The standard InChI is InChI=1S/C12H18ClNO/c1-14-11(7-8-15-2)9-10-5-3-4-6-12(10)13/h3-6,11,14H,7-9H2,1-2H3. The van der Waals surface area contributed by atoms with Crippen LogP contribution in [0.25, 0.3) is 0 Å². The molecule has 0 bridgehead atoms. The molecule has 0 saturated carbocycles. The van der Waals surface area contributed by atoms with Crippen molar-refractivity contribution in [2.24, 2.45) is 0 Å². The first-order valence-electron chi connectivity index (χ1n) is 5.17. The highest BCUT2D eigenvalue weighted by Gasteiger charge is 2.08. The van der Waals surface area contributed by atoms with Gasteiger partial charge in [-0.05, 0) is 31.5 Å². The second-order valence-electron chi connectivity index (χ2n) is 3.56. The van der Waals surface area contributed by atoms with Crippen molar-refractivity contribution in [3.8, 4) is 0 Å². The number of hydrogen-bond acceptors (Lipinski definition) is 2. The number of ether oxygens (including phenoxy) is 1. The summed E-state index contributed by atoms with van der Waals surface area (Å²) in [5, 5.41) is 4.12. The van der Waals surface area contributed by atoms with Gasteiger partial charge in [-0.15, -0.1) is 0 Å². The lowest BCUT2D eigenvalue weighted by atomic mass is 10.0. The SMILES string of the molecule is CNC(CCOC)Cc1ccccc1Cl. The number of nitrogens with one attached hydrogen (secondary N) is 1. The van der Waals surface area contributed by atoms with Crippen molar-refractivity contribution in [2.45, 2.75) is 18.9 Å². The minimum atomic E-state index is 0.421. The maximum absolute atomic E-state index is 6.10. The third kappa shape index (κ3) is 4.20.